The maximum Gasteiger partial charge on any atom is 0.412 e. The molecule has 33 heavy (non-hydrogen) atoms. The lowest BCUT2D eigenvalue weighted by atomic mass is 10.0. The highest BCUT2D eigenvalue weighted by Gasteiger charge is 2.25. The molecule has 0 aliphatic carbocycles. The van der Waals surface area contributed by atoms with Crippen LogP contribution in [0.1, 0.15) is 16.1 Å². The van der Waals surface area contributed by atoms with Gasteiger partial charge in [0.1, 0.15) is 17.2 Å². The standard InChI is InChI=1S/C23H15FN2O7/c24-16-7-4-13(5-8-16)14-6-9-20-15(10-14)11-17(33-20)12-32-23(29)25-18-2-1-3-19(26(30)31)21(18)22(27)28/h1-11H,12H2,(H,25,29)(H,27,28). The van der Waals surface area contributed by atoms with Gasteiger partial charge in [0.05, 0.1) is 10.6 Å². The Balaban J connectivity index is 1.47. The number of ether oxygens (including phenoxy) is 1. The molecule has 10 heteroatoms. The molecule has 4 rings (SSSR count). The largest absolute Gasteiger partial charge is 0.477 e. The van der Waals surface area contributed by atoms with E-state index in [0.717, 1.165) is 22.6 Å². The molecule has 1 aromatic heterocycles. The second kappa shape index (κ2) is 8.79. The van der Waals surface area contributed by atoms with Gasteiger partial charge < -0.3 is 14.3 Å². The van der Waals surface area contributed by atoms with Gasteiger partial charge in [0.15, 0.2) is 12.2 Å². The number of hydrogen-bond donors (Lipinski definition) is 2. The number of carbonyl (C=O) groups is 2. The molecule has 0 bridgehead atoms. The van der Waals surface area contributed by atoms with E-state index in [0.29, 0.717) is 11.3 Å². The monoisotopic (exact) mass is 450 g/mol. The molecule has 0 radical (unpaired) electrons. The first-order valence-electron chi connectivity index (χ1n) is 9.54. The van der Waals surface area contributed by atoms with E-state index >= 15 is 0 Å². The van der Waals surface area contributed by atoms with Crippen LogP contribution in [0.15, 0.2) is 71.1 Å². The van der Waals surface area contributed by atoms with E-state index < -0.39 is 28.2 Å². The number of aromatic carboxylic acids is 1. The third-order valence-electron chi connectivity index (χ3n) is 4.78. The fraction of sp³-hybridized carbons (Fsp3) is 0.0435. The number of fused-ring (bicyclic) bond motifs is 1. The summed E-state index contributed by atoms with van der Waals surface area (Å²) >= 11 is 0. The molecule has 0 unspecified atom stereocenters. The lowest BCUT2D eigenvalue weighted by molar-refractivity contribution is -0.385. The average Bonchev–Trinajstić information content (AvgIpc) is 3.20. The molecular weight excluding hydrogens is 435 g/mol. The summed E-state index contributed by atoms with van der Waals surface area (Å²) in [6, 6.07) is 16.6. The number of carboxylic acids is 1. The van der Waals surface area contributed by atoms with Gasteiger partial charge in [-0.3, -0.25) is 15.4 Å². The highest BCUT2D eigenvalue weighted by molar-refractivity contribution is 6.02. The predicted octanol–water partition coefficient (Wildman–Crippen LogP) is 5.59. The molecule has 0 aliphatic rings. The maximum atomic E-state index is 13.1. The molecule has 0 saturated heterocycles. The normalized spacial score (nSPS) is 10.7. The van der Waals surface area contributed by atoms with E-state index in [1.807, 2.05) is 12.1 Å². The summed E-state index contributed by atoms with van der Waals surface area (Å²) < 4.78 is 23.9. The molecule has 1 heterocycles. The van der Waals surface area contributed by atoms with Crippen molar-refractivity contribution in [2.24, 2.45) is 0 Å². The molecular formula is C23H15FN2O7. The summed E-state index contributed by atoms with van der Waals surface area (Å²) in [6.07, 6.45) is -1.01. The van der Waals surface area contributed by atoms with Gasteiger partial charge in [0.2, 0.25) is 0 Å². The summed E-state index contributed by atoms with van der Waals surface area (Å²) in [4.78, 5) is 33.8. The van der Waals surface area contributed by atoms with Crippen molar-refractivity contribution in [1.29, 1.82) is 0 Å². The fourth-order valence-electron chi connectivity index (χ4n) is 3.30. The number of hydrogen-bond acceptors (Lipinski definition) is 6. The zero-order valence-corrected chi connectivity index (χ0v) is 16.8. The molecule has 1 amide bonds. The summed E-state index contributed by atoms with van der Waals surface area (Å²) in [6.45, 7) is -0.260. The Labute approximate surface area is 185 Å². The van der Waals surface area contributed by atoms with Crippen LogP contribution in [0, 0.1) is 15.9 Å². The number of benzene rings is 3. The van der Waals surface area contributed by atoms with E-state index in [1.165, 1.54) is 24.3 Å². The van der Waals surface area contributed by atoms with Crippen molar-refractivity contribution < 1.29 is 33.2 Å². The highest BCUT2D eigenvalue weighted by atomic mass is 19.1. The van der Waals surface area contributed by atoms with Gasteiger partial charge in [-0.05, 0) is 47.5 Å². The predicted molar refractivity (Wildman–Crippen MR) is 115 cm³/mol. The minimum absolute atomic E-state index is 0.260. The number of carboxylic acid groups (broad SMARTS) is 1. The second-order valence-corrected chi connectivity index (χ2v) is 6.94. The summed E-state index contributed by atoms with van der Waals surface area (Å²) in [5, 5.41) is 23.3. The number of nitrogens with zero attached hydrogens (tertiary/aromatic N) is 1. The van der Waals surface area contributed by atoms with Gasteiger partial charge in [-0.25, -0.2) is 14.0 Å². The summed E-state index contributed by atoms with van der Waals surface area (Å²) in [5.41, 5.74) is 0.635. The number of halogens is 1. The fourth-order valence-corrected chi connectivity index (χ4v) is 3.30. The van der Waals surface area contributed by atoms with Crippen LogP contribution in [-0.2, 0) is 11.3 Å². The molecule has 4 aromatic rings. The van der Waals surface area contributed by atoms with Crippen LogP contribution in [0.3, 0.4) is 0 Å². The Morgan fingerprint density at radius 2 is 1.79 bits per heavy atom. The molecule has 2 N–H and O–H groups in total. The molecule has 3 aromatic carbocycles. The molecule has 0 saturated carbocycles. The topological polar surface area (TPSA) is 132 Å². The third kappa shape index (κ3) is 4.64. The Hall–Kier alpha value is -4.73. The first-order valence-corrected chi connectivity index (χ1v) is 9.54. The Morgan fingerprint density at radius 3 is 2.48 bits per heavy atom. The van der Waals surface area contributed by atoms with Crippen molar-refractivity contribution in [3.05, 3.63) is 94.0 Å². The smallest absolute Gasteiger partial charge is 0.412 e. The van der Waals surface area contributed by atoms with Crippen molar-refractivity contribution in [3.63, 3.8) is 0 Å². The SMILES string of the molecule is O=C(Nc1cccc([N+](=O)[O-])c1C(=O)O)OCc1cc2cc(-c3ccc(F)cc3)ccc2o1. The van der Waals surface area contributed by atoms with E-state index in [1.54, 1.807) is 24.3 Å². The number of rotatable bonds is 6. The minimum Gasteiger partial charge on any atom is -0.477 e. The summed E-state index contributed by atoms with van der Waals surface area (Å²) in [5.74, 6) is -1.57. The number of nitro groups is 1. The van der Waals surface area contributed by atoms with Crippen molar-refractivity contribution >= 4 is 34.4 Å². The van der Waals surface area contributed by atoms with E-state index in [4.69, 9.17) is 9.15 Å². The van der Waals surface area contributed by atoms with E-state index in [-0.39, 0.29) is 18.1 Å². The highest BCUT2D eigenvalue weighted by Crippen LogP contribution is 2.28. The lowest BCUT2D eigenvalue weighted by Gasteiger charge is -2.08. The molecule has 0 aliphatic heterocycles. The molecule has 9 nitrogen and oxygen atoms in total. The average molecular weight is 450 g/mol. The van der Waals surface area contributed by atoms with Crippen molar-refractivity contribution in [1.82, 2.24) is 0 Å². The van der Waals surface area contributed by atoms with Crippen LogP contribution in [0.25, 0.3) is 22.1 Å². The van der Waals surface area contributed by atoms with Crippen molar-refractivity contribution in [2.45, 2.75) is 6.61 Å². The number of nitrogens with one attached hydrogen (secondary N) is 1. The van der Waals surface area contributed by atoms with Crippen LogP contribution in [0.2, 0.25) is 0 Å². The zero-order valence-electron chi connectivity index (χ0n) is 16.8. The van der Waals surface area contributed by atoms with Crippen LogP contribution < -0.4 is 5.32 Å². The molecule has 0 atom stereocenters. The van der Waals surface area contributed by atoms with E-state index in [2.05, 4.69) is 5.32 Å². The Bertz CT molecular complexity index is 1380. The zero-order chi connectivity index (χ0) is 23.5. The van der Waals surface area contributed by atoms with Crippen LogP contribution in [0.4, 0.5) is 20.6 Å². The maximum absolute atomic E-state index is 13.1. The van der Waals surface area contributed by atoms with Crippen molar-refractivity contribution in [3.8, 4) is 11.1 Å². The van der Waals surface area contributed by atoms with Crippen LogP contribution >= 0.6 is 0 Å². The van der Waals surface area contributed by atoms with Gasteiger partial charge in [-0.2, -0.15) is 0 Å². The lowest BCUT2D eigenvalue weighted by Crippen LogP contribution is -2.16. The number of furan rings is 1. The molecule has 0 spiro atoms. The Kier molecular flexibility index (Phi) is 5.73. The van der Waals surface area contributed by atoms with Crippen LogP contribution in [0.5, 0.6) is 0 Å². The van der Waals surface area contributed by atoms with Gasteiger partial charge >= 0.3 is 12.1 Å². The Morgan fingerprint density at radius 1 is 1.06 bits per heavy atom. The van der Waals surface area contributed by atoms with Crippen LogP contribution in [-0.4, -0.2) is 22.1 Å². The van der Waals surface area contributed by atoms with Gasteiger partial charge in [-0.1, -0.05) is 24.3 Å². The van der Waals surface area contributed by atoms with Gasteiger partial charge in [0, 0.05) is 11.5 Å². The van der Waals surface area contributed by atoms with Gasteiger partial charge in [-0.15, -0.1) is 0 Å². The summed E-state index contributed by atoms with van der Waals surface area (Å²) in [7, 11) is 0. The molecule has 0 fully saturated rings. The molecule has 166 valence electrons. The number of amides is 1. The first kappa shape index (κ1) is 21.5. The third-order valence-corrected chi connectivity index (χ3v) is 4.78. The van der Waals surface area contributed by atoms with Crippen molar-refractivity contribution in [2.75, 3.05) is 5.32 Å². The van der Waals surface area contributed by atoms with Gasteiger partial charge in [0.25, 0.3) is 5.69 Å². The first-order chi connectivity index (χ1) is 15.8. The number of anilines is 1. The number of carbonyl (C=O) groups excluding carboxylic acids is 1. The minimum atomic E-state index is -1.56. The number of nitro benzene ring substituents is 1. The second-order valence-electron chi connectivity index (χ2n) is 6.94. The van der Waals surface area contributed by atoms with E-state index in [9.17, 15) is 29.2 Å². The quantitative estimate of drug-likeness (QED) is 0.289.